The molecule has 64 heavy (non-hydrogen) atoms. The van der Waals surface area contributed by atoms with Gasteiger partial charge in [0.2, 0.25) is 10.0 Å². The first-order valence-corrected chi connectivity index (χ1v) is 23.9. The summed E-state index contributed by atoms with van der Waals surface area (Å²) in [5.74, 6) is -0.391. The van der Waals surface area contributed by atoms with Crippen LogP contribution in [0.15, 0.2) is 122 Å². The summed E-state index contributed by atoms with van der Waals surface area (Å²) in [5, 5.41) is 3.18. The topological polar surface area (TPSA) is 209 Å². The van der Waals surface area contributed by atoms with Crippen LogP contribution in [-0.4, -0.2) is 117 Å². The van der Waals surface area contributed by atoms with E-state index in [0.29, 0.717) is 30.7 Å². The molecule has 7 heterocycles. The fourth-order valence-electron chi connectivity index (χ4n) is 5.94. The second kappa shape index (κ2) is 19.5. The highest BCUT2D eigenvalue weighted by Gasteiger charge is 2.34. The van der Waals surface area contributed by atoms with Crippen molar-refractivity contribution in [3.8, 4) is 46.0 Å². The van der Waals surface area contributed by atoms with E-state index < -0.39 is 81.6 Å². The SMILES string of the molecule is [2H]C1([2H])Oc2ccc(Br)cc2OC1([2H])[2H].[2H]C1([2H])Oc2ccc(S(=O)(=O)Cl)cc2OC1([2H])[2H].[2H]C1([2H])Oc2ccc(S(=O)(=O)N3CC4=C(CNC4)C3)cc2OC1([2H])[2H].[2H]C1([2H])Oc2ccc(S(=O)(=O)n3ccnc3)cc2OC1([2H])[2H]. The maximum atomic E-state index is 12.9. The van der Waals surface area contributed by atoms with Gasteiger partial charge in [-0.2, -0.15) is 4.31 Å². The van der Waals surface area contributed by atoms with Crippen molar-refractivity contribution in [1.29, 1.82) is 0 Å². The van der Waals surface area contributed by atoms with Gasteiger partial charge >= 0.3 is 0 Å². The molecule has 0 radical (unpaired) electrons. The van der Waals surface area contributed by atoms with Gasteiger partial charge in [-0.05, 0) is 65.7 Å². The molecule has 4 aromatic carbocycles. The maximum Gasteiger partial charge on any atom is 0.269 e. The highest BCUT2D eigenvalue weighted by atomic mass is 79.9. The number of nitrogens with zero attached hydrogens (tertiary/aromatic N) is 3. The molecule has 0 saturated carbocycles. The summed E-state index contributed by atoms with van der Waals surface area (Å²) in [6.07, 6.45) is 3.68. The van der Waals surface area contributed by atoms with Crippen molar-refractivity contribution in [2.24, 2.45) is 0 Å². The fourth-order valence-corrected chi connectivity index (χ4v) is 9.63. The third-order valence-electron chi connectivity index (χ3n) is 8.99. The summed E-state index contributed by atoms with van der Waals surface area (Å²) >= 11 is 3.20. The number of sulfonamides is 1. The number of ether oxygens (including phenoxy) is 8. The number of halogens is 2. The Morgan fingerprint density at radius 1 is 0.547 bits per heavy atom. The molecular weight excluding hydrogens is 984 g/mol. The third kappa shape index (κ3) is 10.5. The highest BCUT2D eigenvalue weighted by Crippen LogP contribution is 2.37. The summed E-state index contributed by atoms with van der Waals surface area (Å²) in [6.45, 7) is -19.2. The number of hydrogen-bond donors (Lipinski definition) is 1. The Kier molecular flexibility index (Phi) is 8.93. The quantitative estimate of drug-likeness (QED) is 0.184. The van der Waals surface area contributed by atoms with Crippen LogP contribution >= 0.6 is 26.6 Å². The molecule has 0 atom stereocenters. The van der Waals surface area contributed by atoms with Crippen LogP contribution in [0.5, 0.6) is 46.0 Å². The first-order chi connectivity index (χ1) is 36.6. The number of imidazole rings is 1. The molecule has 340 valence electrons. The van der Waals surface area contributed by atoms with Crippen LogP contribution in [0.4, 0.5) is 0 Å². The predicted molar refractivity (Wildman–Crippen MR) is 234 cm³/mol. The lowest BCUT2D eigenvalue weighted by atomic mass is 10.2. The monoisotopic (exact) mass is 1040 g/mol. The Morgan fingerprint density at radius 3 is 1.38 bits per heavy atom. The second-order valence-electron chi connectivity index (χ2n) is 13.0. The van der Waals surface area contributed by atoms with E-state index in [1.165, 1.54) is 59.2 Å². The molecule has 18 nitrogen and oxygen atoms in total. The van der Waals surface area contributed by atoms with Crippen LogP contribution in [0, 0.1) is 0 Å². The number of nitrogens with one attached hydrogen (secondary N) is 1. The highest BCUT2D eigenvalue weighted by molar-refractivity contribution is 9.10. The van der Waals surface area contributed by atoms with Crippen molar-refractivity contribution in [3.05, 3.63) is 107 Å². The van der Waals surface area contributed by atoms with Crippen molar-refractivity contribution < 1.29 is 85.1 Å². The minimum atomic E-state index is -3.98. The van der Waals surface area contributed by atoms with Gasteiger partial charge in [-0.1, -0.05) is 15.9 Å². The van der Waals surface area contributed by atoms with E-state index in [2.05, 4.69) is 26.2 Å². The summed E-state index contributed by atoms with van der Waals surface area (Å²) in [6, 6.07) is 15.3. The molecule has 5 aromatic rings. The van der Waals surface area contributed by atoms with Crippen LogP contribution in [0.3, 0.4) is 0 Å². The normalized spacial score (nSPS) is 27.0. The summed E-state index contributed by atoms with van der Waals surface area (Å²) in [4.78, 5) is 3.17. The standard InChI is InChI=1S/C14H16N2O4S.C11H10N2O4S.C8H7BrO2.C8H7ClO4S/c17-21(18,16-8-10-6-15-7-11(10)9-16)12-1-2-13-14(5-12)20-4-3-19-13;14-18(15,13-4-3-12-8-13)9-1-2-10-11(7-9)17-6-5-16-10;9-6-1-2-7-8(5-6)11-4-3-10-7;9-14(10,11)6-1-2-7-8(5-6)13-4-3-12-7/h1-2,5,15H,3-4,6-9H2;1-4,7-8H,5-6H2;1-2,5H,3-4H2;1-2,5H,3-4H2/i3D2,4D2;5D2,6D2;2*3D2,4D2. The summed E-state index contributed by atoms with van der Waals surface area (Å²) in [7, 11) is -6.51. The van der Waals surface area contributed by atoms with Crippen LogP contribution in [0.2, 0.25) is 0 Å². The number of aromatic nitrogens is 2. The van der Waals surface area contributed by atoms with E-state index in [4.69, 9.17) is 70.5 Å². The predicted octanol–water partition coefficient (Wildman–Crippen LogP) is 4.86. The van der Waals surface area contributed by atoms with Gasteiger partial charge in [0.05, 0.1) is 36.6 Å². The fraction of sp³-hybridized carbons (Fsp3) is 0.293. The first-order valence-electron chi connectivity index (χ1n) is 25.9. The number of rotatable bonds is 5. The van der Waals surface area contributed by atoms with Crippen LogP contribution in [-0.2, 0) is 29.1 Å². The average Bonchev–Trinajstić information content (AvgIpc) is 4.15. The van der Waals surface area contributed by atoms with Gasteiger partial charge in [-0.15, -0.1) is 0 Å². The van der Waals surface area contributed by atoms with Crippen molar-refractivity contribution in [1.82, 2.24) is 18.6 Å². The van der Waals surface area contributed by atoms with Gasteiger partial charge in [0.15, 0.2) is 46.0 Å². The number of benzene rings is 4. The van der Waals surface area contributed by atoms with Gasteiger partial charge in [0, 0.05) is 71.9 Å². The van der Waals surface area contributed by atoms with Crippen LogP contribution in [0.25, 0.3) is 0 Å². The Balaban J connectivity index is 0.000000143. The van der Waals surface area contributed by atoms with Crippen molar-refractivity contribution in [3.63, 3.8) is 0 Å². The maximum absolute atomic E-state index is 12.9. The molecule has 0 spiro atoms. The van der Waals surface area contributed by atoms with Crippen LogP contribution in [0.1, 0.15) is 21.9 Å². The smallest absolute Gasteiger partial charge is 0.269 e. The minimum Gasteiger partial charge on any atom is -0.486 e. The van der Waals surface area contributed by atoms with Gasteiger partial charge in [0.1, 0.15) is 58.8 Å². The molecule has 1 aromatic heterocycles. The van der Waals surface area contributed by atoms with Gasteiger partial charge < -0.3 is 43.2 Å². The largest absolute Gasteiger partial charge is 0.486 e. The molecule has 0 saturated heterocycles. The van der Waals surface area contributed by atoms with Crippen molar-refractivity contribution >= 4 is 55.7 Å². The molecule has 11 rings (SSSR count). The lowest BCUT2D eigenvalue weighted by Crippen LogP contribution is -2.32. The summed E-state index contributed by atoms with van der Waals surface area (Å²) < 4.78 is 234. The second-order valence-corrected chi connectivity index (χ2v) is 20.2. The number of hydrogen-bond acceptors (Lipinski definition) is 16. The first kappa shape index (κ1) is 29.3. The molecule has 23 heteroatoms. The molecule has 0 unspecified atom stereocenters. The molecule has 6 aliphatic heterocycles. The van der Waals surface area contributed by atoms with E-state index in [0.717, 1.165) is 45.7 Å². The van der Waals surface area contributed by atoms with E-state index in [1.54, 1.807) is 6.07 Å². The lowest BCUT2D eigenvalue weighted by Gasteiger charge is -2.21. The minimum absolute atomic E-state index is 0.0367. The molecular formula is C41H40BrClN4O14S3. The Hall–Kier alpha value is -5.23. The van der Waals surface area contributed by atoms with Gasteiger partial charge in [-0.3, -0.25) is 0 Å². The van der Waals surface area contributed by atoms with E-state index in [1.807, 2.05) is 0 Å². The Labute approximate surface area is 404 Å². The molecule has 6 aliphatic rings. The third-order valence-corrected chi connectivity index (χ3v) is 14.2. The molecule has 0 aliphatic carbocycles. The zero-order valence-corrected chi connectivity index (χ0v) is 36.8. The lowest BCUT2D eigenvalue weighted by molar-refractivity contribution is 0.171. The average molecular weight is 1040 g/mol. The zero-order chi connectivity index (χ0) is 59.2. The van der Waals surface area contributed by atoms with Gasteiger partial charge in [-0.25, -0.2) is 34.2 Å². The van der Waals surface area contributed by atoms with Crippen molar-refractivity contribution in [2.45, 2.75) is 14.7 Å². The van der Waals surface area contributed by atoms with Crippen molar-refractivity contribution in [2.75, 3.05) is 78.7 Å². The van der Waals surface area contributed by atoms with E-state index in [-0.39, 0.29) is 60.7 Å². The van der Waals surface area contributed by atoms with Crippen LogP contribution < -0.4 is 43.2 Å². The summed E-state index contributed by atoms with van der Waals surface area (Å²) in [5.41, 5.74) is 2.18. The Bertz CT molecular complexity index is 3630. The van der Waals surface area contributed by atoms with Gasteiger partial charge in [0.25, 0.3) is 19.1 Å². The Morgan fingerprint density at radius 2 is 0.938 bits per heavy atom. The molecule has 0 fully saturated rings. The molecule has 1 N–H and O–H groups in total. The molecule has 0 bridgehead atoms. The number of fused-ring (bicyclic) bond motifs is 4. The van der Waals surface area contributed by atoms with E-state index in [9.17, 15) is 25.3 Å². The van der Waals surface area contributed by atoms with E-state index >= 15 is 0 Å². The molecule has 0 amide bonds. The zero-order valence-electron chi connectivity index (χ0n) is 48.0.